The van der Waals surface area contributed by atoms with Gasteiger partial charge in [0.15, 0.2) is 0 Å². The standard InChI is InChI=1S/C19H20N2O2S/c22-18(21-9-7-17-15(12-21)8-10-24-17)6-5-14-11-13-3-1-2-4-16(13)20-19(14)23/h1-4,8,10,14H,5-7,9,11-12H2,(H,20,23)/t14-/m0/s1. The molecule has 24 heavy (non-hydrogen) atoms. The Morgan fingerprint density at radius 1 is 1.25 bits per heavy atom. The predicted octanol–water partition coefficient (Wildman–Crippen LogP) is 3.22. The SMILES string of the molecule is O=C1Nc2ccccc2C[C@@H]1CCC(=O)N1CCc2sccc2C1. The largest absolute Gasteiger partial charge is 0.338 e. The normalized spacial score (nSPS) is 19.4. The van der Waals surface area contributed by atoms with E-state index in [2.05, 4.69) is 16.8 Å². The Kier molecular flexibility index (Phi) is 4.10. The molecule has 0 spiro atoms. The Bertz CT molecular complexity index is 783. The second-order valence-electron chi connectivity index (χ2n) is 6.52. The fourth-order valence-electron chi connectivity index (χ4n) is 3.56. The summed E-state index contributed by atoms with van der Waals surface area (Å²) >= 11 is 1.78. The first-order valence-corrected chi connectivity index (χ1v) is 9.30. The fraction of sp³-hybridized carbons (Fsp3) is 0.368. The molecule has 1 atom stereocenters. The summed E-state index contributed by atoms with van der Waals surface area (Å²) < 4.78 is 0. The molecule has 1 N–H and O–H groups in total. The second-order valence-corrected chi connectivity index (χ2v) is 7.52. The molecule has 4 nitrogen and oxygen atoms in total. The number of rotatable bonds is 3. The summed E-state index contributed by atoms with van der Waals surface area (Å²) in [5.41, 5.74) is 3.35. The van der Waals surface area contributed by atoms with Gasteiger partial charge in [-0.25, -0.2) is 0 Å². The van der Waals surface area contributed by atoms with E-state index in [1.54, 1.807) is 11.3 Å². The lowest BCUT2D eigenvalue weighted by Gasteiger charge is -2.28. The van der Waals surface area contributed by atoms with Crippen LogP contribution in [0.2, 0.25) is 0 Å². The molecule has 2 amide bonds. The maximum atomic E-state index is 12.5. The van der Waals surface area contributed by atoms with E-state index in [1.807, 2.05) is 29.2 Å². The van der Waals surface area contributed by atoms with Gasteiger partial charge in [-0.15, -0.1) is 11.3 Å². The van der Waals surface area contributed by atoms with E-state index >= 15 is 0 Å². The van der Waals surface area contributed by atoms with Crippen molar-refractivity contribution in [3.8, 4) is 0 Å². The lowest BCUT2D eigenvalue weighted by atomic mass is 9.89. The Morgan fingerprint density at radius 2 is 2.12 bits per heavy atom. The van der Waals surface area contributed by atoms with Crippen molar-refractivity contribution in [1.82, 2.24) is 4.90 Å². The molecule has 124 valence electrons. The highest BCUT2D eigenvalue weighted by molar-refractivity contribution is 7.10. The fourth-order valence-corrected chi connectivity index (χ4v) is 4.45. The lowest BCUT2D eigenvalue weighted by molar-refractivity contribution is -0.132. The van der Waals surface area contributed by atoms with Crippen LogP contribution >= 0.6 is 11.3 Å². The molecule has 0 bridgehead atoms. The van der Waals surface area contributed by atoms with Crippen LogP contribution in [0, 0.1) is 5.92 Å². The van der Waals surface area contributed by atoms with Crippen molar-refractivity contribution >= 4 is 28.8 Å². The van der Waals surface area contributed by atoms with E-state index in [-0.39, 0.29) is 17.7 Å². The number of carbonyl (C=O) groups is 2. The first kappa shape index (κ1) is 15.4. The summed E-state index contributed by atoms with van der Waals surface area (Å²) in [5.74, 6) is 0.101. The molecule has 5 heteroatoms. The van der Waals surface area contributed by atoms with E-state index in [1.165, 1.54) is 10.4 Å². The topological polar surface area (TPSA) is 49.4 Å². The number of anilines is 1. The van der Waals surface area contributed by atoms with Crippen LogP contribution in [0.4, 0.5) is 5.69 Å². The van der Waals surface area contributed by atoms with Gasteiger partial charge in [-0.1, -0.05) is 18.2 Å². The summed E-state index contributed by atoms with van der Waals surface area (Å²) in [7, 11) is 0. The van der Waals surface area contributed by atoms with Crippen molar-refractivity contribution < 1.29 is 9.59 Å². The first-order valence-electron chi connectivity index (χ1n) is 8.42. The van der Waals surface area contributed by atoms with Gasteiger partial charge >= 0.3 is 0 Å². The van der Waals surface area contributed by atoms with Crippen LogP contribution in [0.1, 0.15) is 28.8 Å². The van der Waals surface area contributed by atoms with Gasteiger partial charge in [0.1, 0.15) is 0 Å². The maximum Gasteiger partial charge on any atom is 0.227 e. The molecular weight excluding hydrogens is 320 g/mol. The number of para-hydroxylation sites is 1. The average Bonchev–Trinajstić information content (AvgIpc) is 3.07. The zero-order chi connectivity index (χ0) is 16.5. The third kappa shape index (κ3) is 2.96. The minimum absolute atomic E-state index is 0.0419. The van der Waals surface area contributed by atoms with Gasteiger partial charge in [0.05, 0.1) is 0 Å². The summed E-state index contributed by atoms with van der Waals surface area (Å²) in [4.78, 5) is 28.1. The molecule has 4 rings (SSSR count). The zero-order valence-electron chi connectivity index (χ0n) is 13.5. The molecule has 0 aliphatic carbocycles. The van der Waals surface area contributed by atoms with Gasteiger partial charge < -0.3 is 10.2 Å². The Hall–Kier alpha value is -2.14. The minimum atomic E-state index is -0.106. The summed E-state index contributed by atoms with van der Waals surface area (Å²) in [6, 6.07) is 10.0. The Morgan fingerprint density at radius 3 is 3.04 bits per heavy atom. The molecular formula is C19H20N2O2S. The number of hydrogen-bond donors (Lipinski definition) is 1. The van der Waals surface area contributed by atoms with Crippen LogP contribution in [0.15, 0.2) is 35.7 Å². The van der Waals surface area contributed by atoms with Crippen LogP contribution in [-0.4, -0.2) is 23.3 Å². The molecule has 3 heterocycles. The van der Waals surface area contributed by atoms with Crippen LogP contribution in [0.25, 0.3) is 0 Å². The van der Waals surface area contributed by atoms with E-state index in [9.17, 15) is 9.59 Å². The third-order valence-corrected chi connectivity index (χ3v) is 6.00. The van der Waals surface area contributed by atoms with E-state index in [4.69, 9.17) is 0 Å². The highest BCUT2D eigenvalue weighted by Gasteiger charge is 2.28. The molecule has 0 saturated carbocycles. The van der Waals surface area contributed by atoms with Crippen molar-refractivity contribution in [1.29, 1.82) is 0 Å². The van der Waals surface area contributed by atoms with Gasteiger partial charge in [0.2, 0.25) is 11.8 Å². The molecule has 1 aromatic carbocycles. The molecule has 2 aliphatic heterocycles. The molecule has 0 saturated heterocycles. The van der Waals surface area contributed by atoms with Crippen molar-refractivity contribution in [2.45, 2.75) is 32.2 Å². The quantitative estimate of drug-likeness (QED) is 0.933. The third-order valence-electron chi connectivity index (χ3n) is 4.98. The van der Waals surface area contributed by atoms with Gasteiger partial charge in [-0.05, 0) is 47.9 Å². The van der Waals surface area contributed by atoms with E-state index in [0.29, 0.717) is 12.8 Å². The summed E-state index contributed by atoms with van der Waals surface area (Å²) in [6.07, 6.45) is 2.74. The smallest absolute Gasteiger partial charge is 0.227 e. The van der Waals surface area contributed by atoms with Crippen molar-refractivity contribution in [2.24, 2.45) is 5.92 Å². The van der Waals surface area contributed by atoms with Crippen molar-refractivity contribution in [2.75, 3.05) is 11.9 Å². The van der Waals surface area contributed by atoms with Crippen LogP contribution < -0.4 is 5.32 Å². The molecule has 0 unspecified atom stereocenters. The van der Waals surface area contributed by atoms with E-state index < -0.39 is 0 Å². The second kappa shape index (κ2) is 6.40. The average molecular weight is 340 g/mol. The van der Waals surface area contributed by atoms with Crippen LogP contribution in [-0.2, 0) is 29.0 Å². The highest BCUT2D eigenvalue weighted by Crippen LogP contribution is 2.28. The molecule has 0 fully saturated rings. The van der Waals surface area contributed by atoms with Crippen LogP contribution in [0.3, 0.4) is 0 Å². The molecule has 0 radical (unpaired) electrons. The summed E-state index contributed by atoms with van der Waals surface area (Å²) in [6.45, 7) is 1.52. The number of benzene rings is 1. The Labute approximate surface area is 145 Å². The minimum Gasteiger partial charge on any atom is -0.338 e. The number of nitrogens with one attached hydrogen (secondary N) is 1. The highest BCUT2D eigenvalue weighted by atomic mass is 32.1. The van der Waals surface area contributed by atoms with Gasteiger partial charge in [0.25, 0.3) is 0 Å². The van der Waals surface area contributed by atoms with Crippen molar-refractivity contribution in [3.63, 3.8) is 0 Å². The Balaban J connectivity index is 1.35. The van der Waals surface area contributed by atoms with Crippen LogP contribution in [0.5, 0.6) is 0 Å². The first-order chi connectivity index (χ1) is 11.7. The van der Waals surface area contributed by atoms with Gasteiger partial charge in [0, 0.05) is 36.0 Å². The number of fused-ring (bicyclic) bond motifs is 2. The molecule has 1 aromatic heterocycles. The van der Waals surface area contributed by atoms with Gasteiger partial charge in [-0.2, -0.15) is 0 Å². The molecule has 2 aromatic rings. The number of nitrogens with zero attached hydrogens (tertiary/aromatic N) is 1. The number of amides is 2. The van der Waals surface area contributed by atoms with Crippen molar-refractivity contribution in [3.05, 3.63) is 51.7 Å². The maximum absolute atomic E-state index is 12.5. The van der Waals surface area contributed by atoms with E-state index in [0.717, 1.165) is 37.2 Å². The predicted molar refractivity (Wildman–Crippen MR) is 94.9 cm³/mol. The van der Waals surface area contributed by atoms with Gasteiger partial charge in [-0.3, -0.25) is 9.59 Å². The number of thiophene rings is 1. The molecule has 2 aliphatic rings. The zero-order valence-corrected chi connectivity index (χ0v) is 14.3. The lowest BCUT2D eigenvalue weighted by Crippen LogP contribution is -2.36. The number of hydrogen-bond acceptors (Lipinski definition) is 3. The number of carbonyl (C=O) groups excluding carboxylic acids is 2. The summed E-state index contributed by atoms with van der Waals surface area (Å²) in [5, 5.41) is 5.06. The monoisotopic (exact) mass is 340 g/mol.